The van der Waals surface area contributed by atoms with E-state index in [4.69, 9.17) is 14.2 Å². The highest BCUT2D eigenvalue weighted by atomic mass is 16.5. The van der Waals surface area contributed by atoms with Crippen molar-refractivity contribution in [1.82, 2.24) is 0 Å². The van der Waals surface area contributed by atoms with Crippen LogP contribution >= 0.6 is 0 Å². The highest BCUT2D eigenvalue weighted by molar-refractivity contribution is 5.33. The van der Waals surface area contributed by atoms with Gasteiger partial charge in [-0.1, -0.05) is 12.1 Å². The van der Waals surface area contributed by atoms with E-state index in [2.05, 4.69) is 0 Å². The Bertz CT molecular complexity index is 321. The Morgan fingerprint density at radius 1 is 1.00 bits per heavy atom. The van der Waals surface area contributed by atoms with Gasteiger partial charge >= 0.3 is 0 Å². The number of hydrogen-bond donors (Lipinski definition) is 1. The van der Waals surface area contributed by atoms with Crippen LogP contribution in [-0.2, 0) is 19.6 Å². The first kappa shape index (κ1) is 14.0. The molecule has 0 heterocycles. The number of ether oxygens (including phenoxy) is 3. The Kier molecular flexibility index (Phi) is 5.41. The molecule has 0 spiro atoms. The van der Waals surface area contributed by atoms with E-state index in [9.17, 15) is 5.11 Å². The molecule has 0 saturated heterocycles. The van der Waals surface area contributed by atoms with E-state index >= 15 is 0 Å². The molecular formula is C13H20O4. The van der Waals surface area contributed by atoms with Gasteiger partial charge < -0.3 is 19.3 Å². The topological polar surface area (TPSA) is 47.9 Å². The monoisotopic (exact) mass is 240 g/mol. The fraction of sp³-hybridized carbons (Fsp3) is 0.538. The smallest absolute Gasteiger partial charge is 0.115 e. The highest BCUT2D eigenvalue weighted by Gasteiger charge is 2.33. The maximum absolute atomic E-state index is 9.56. The van der Waals surface area contributed by atoms with Gasteiger partial charge in [0, 0.05) is 21.3 Å². The summed E-state index contributed by atoms with van der Waals surface area (Å²) >= 11 is 0. The number of phenolic OH excluding ortho intramolecular Hbond substituents is 1. The molecule has 0 aliphatic carbocycles. The molecule has 0 aromatic heterocycles. The Morgan fingerprint density at radius 3 is 1.94 bits per heavy atom. The molecule has 0 bridgehead atoms. The van der Waals surface area contributed by atoms with Crippen molar-refractivity contribution in [3.63, 3.8) is 0 Å². The Balaban J connectivity index is 3.09. The average molecular weight is 240 g/mol. The third kappa shape index (κ3) is 3.43. The van der Waals surface area contributed by atoms with Gasteiger partial charge in [-0.3, -0.25) is 0 Å². The van der Waals surface area contributed by atoms with E-state index in [0.717, 1.165) is 5.56 Å². The van der Waals surface area contributed by atoms with Crippen LogP contribution in [0.15, 0.2) is 24.3 Å². The fourth-order valence-electron chi connectivity index (χ4n) is 2.04. The summed E-state index contributed by atoms with van der Waals surface area (Å²) in [6.45, 7) is 1.41. The first-order chi connectivity index (χ1) is 8.18. The second-order valence-electron chi connectivity index (χ2n) is 4.13. The van der Waals surface area contributed by atoms with Crippen LogP contribution in [0.1, 0.15) is 5.56 Å². The minimum Gasteiger partial charge on any atom is -0.508 e. The van der Waals surface area contributed by atoms with Crippen LogP contribution in [-0.4, -0.2) is 46.3 Å². The predicted octanol–water partition coefficient (Wildman–Crippen LogP) is 1.57. The maximum atomic E-state index is 9.56. The van der Waals surface area contributed by atoms with Crippen molar-refractivity contribution >= 4 is 0 Å². The van der Waals surface area contributed by atoms with Crippen LogP contribution in [0.4, 0.5) is 0 Å². The lowest BCUT2D eigenvalue weighted by molar-refractivity contribution is 0.00993. The Hall–Kier alpha value is -1.10. The van der Waals surface area contributed by atoms with E-state index in [1.807, 2.05) is 6.07 Å². The molecule has 96 valence electrons. The molecule has 0 fully saturated rings. The molecule has 1 rings (SSSR count). The van der Waals surface area contributed by atoms with Crippen LogP contribution < -0.4 is 0 Å². The average Bonchev–Trinajstić information content (AvgIpc) is 2.30. The van der Waals surface area contributed by atoms with Crippen molar-refractivity contribution in [3.05, 3.63) is 29.8 Å². The molecule has 17 heavy (non-hydrogen) atoms. The van der Waals surface area contributed by atoms with Gasteiger partial charge in [0.2, 0.25) is 0 Å². The molecule has 1 N–H and O–H groups in total. The minimum absolute atomic E-state index is 0.232. The van der Waals surface area contributed by atoms with Crippen molar-refractivity contribution < 1.29 is 19.3 Å². The van der Waals surface area contributed by atoms with E-state index < -0.39 is 5.41 Å². The quantitative estimate of drug-likeness (QED) is 0.786. The summed E-state index contributed by atoms with van der Waals surface area (Å²) in [5.41, 5.74) is 0.555. The molecule has 4 nitrogen and oxygen atoms in total. The lowest BCUT2D eigenvalue weighted by Crippen LogP contribution is -2.40. The van der Waals surface area contributed by atoms with E-state index in [1.165, 1.54) is 0 Å². The van der Waals surface area contributed by atoms with Crippen LogP contribution in [0, 0.1) is 0 Å². The zero-order valence-electron chi connectivity index (χ0n) is 10.6. The summed E-state index contributed by atoms with van der Waals surface area (Å²) in [7, 11) is 4.93. The number of rotatable bonds is 7. The number of phenols is 1. The van der Waals surface area contributed by atoms with Crippen molar-refractivity contribution in [2.75, 3.05) is 41.2 Å². The van der Waals surface area contributed by atoms with Gasteiger partial charge in [0.25, 0.3) is 0 Å². The fourth-order valence-corrected chi connectivity index (χ4v) is 2.04. The second kappa shape index (κ2) is 6.59. The molecule has 4 heteroatoms. The maximum Gasteiger partial charge on any atom is 0.115 e. The highest BCUT2D eigenvalue weighted by Crippen LogP contribution is 2.28. The van der Waals surface area contributed by atoms with Gasteiger partial charge in [-0.15, -0.1) is 0 Å². The summed E-state index contributed by atoms with van der Waals surface area (Å²) in [6, 6.07) is 7.11. The molecule has 0 aliphatic heterocycles. The van der Waals surface area contributed by atoms with Crippen LogP contribution in [0.3, 0.4) is 0 Å². The number of aromatic hydroxyl groups is 1. The van der Waals surface area contributed by atoms with Gasteiger partial charge in [-0.25, -0.2) is 0 Å². The normalized spacial score (nSPS) is 11.7. The largest absolute Gasteiger partial charge is 0.508 e. The third-order valence-electron chi connectivity index (χ3n) is 2.72. The second-order valence-corrected chi connectivity index (χ2v) is 4.13. The summed E-state index contributed by atoms with van der Waals surface area (Å²) in [5, 5.41) is 9.56. The minimum atomic E-state index is -0.392. The molecule has 0 atom stereocenters. The van der Waals surface area contributed by atoms with Crippen LogP contribution in [0.25, 0.3) is 0 Å². The molecule has 1 aromatic carbocycles. The van der Waals surface area contributed by atoms with Gasteiger partial charge in [0.15, 0.2) is 0 Å². The van der Waals surface area contributed by atoms with Crippen molar-refractivity contribution in [2.24, 2.45) is 0 Å². The lowest BCUT2D eigenvalue weighted by atomic mass is 9.82. The Morgan fingerprint density at radius 2 is 1.53 bits per heavy atom. The first-order valence-corrected chi connectivity index (χ1v) is 5.45. The van der Waals surface area contributed by atoms with E-state index in [0.29, 0.717) is 19.8 Å². The standard InChI is InChI=1S/C13H20O4/c1-15-8-13(9-16-2,10-17-3)11-5-4-6-12(14)7-11/h4-7,14H,8-10H2,1-3H3. The molecule has 1 aromatic rings. The van der Waals surface area contributed by atoms with Gasteiger partial charge in [0.05, 0.1) is 25.2 Å². The Labute approximate surface area is 102 Å². The lowest BCUT2D eigenvalue weighted by Gasteiger charge is -2.32. The number of hydrogen-bond acceptors (Lipinski definition) is 4. The molecule has 0 amide bonds. The molecule has 0 aliphatic rings. The van der Waals surface area contributed by atoms with Gasteiger partial charge in [-0.05, 0) is 17.7 Å². The van der Waals surface area contributed by atoms with Gasteiger partial charge in [-0.2, -0.15) is 0 Å². The van der Waals surface area contributed by atoms with Gasteiger partial charge in [0.1, 0.15) is 5.75 Å². The zero-order chi connectivity index (χ0) is 12.7. The van der Waals surface area contributed by atoms with Crippen molar-refractivity contribution in [1.29, 1.82) is 0 Å². The SMILES string of the molecule is COCC(COC)(COC)c1cccc(O)c1. The third-order valence-corrected chi connectivity index (χ3v) is 2.72. The summed E-state index contributed by atoms with van der Waals surface area (Å²) in [4.78, 5) is 0. The molecular weight excluding hydrogens is 220 g/mol. The zero-order valence-corrected chi connectivity index (χ0v) is 10.6. The molecule has 0 radical (unpaired) electrons. The predicted molar refractivity (Wildman–Crippen MR) is 65.4 cm³/mol. The summed E-state index contributed by atoms with van der Waals surface area (Å²) in [6.07, 6.45) is 0. The van der Waals surface area contributed by atoms with E-state index in [1.54, 1.807) is 39.5 Å². The molecule has 0 unspecified atom stereocenters. The number of methoxy groups -OCH3 is 3. The van der Waals surface area contributed by atoms with Crippen LogP contribution in [0.2, 0.25) is 0 Å². The first-order valence-electron chi connectivity index (χ1n) is 5.45. The van der Waals surface area contributed by atoms with Crippen molar-refractivity contribution in [3.8, 4) is 5.75 Å². The molecule has 0 saturated carbocycles. The number of benzene rings is 1. The van der Waals surface area contributed by atoms with Crippen molar-refractivity contribution in [2.45, 2.75) is 5.41 Å². The van der Waals surface area contributed by atoms with Crippen LogP contribution in [0.5, 0.6) is 5.75 Å². The van der Waals surface area contributed by atoms with E-state index in [-0.39, 0.29) is 5.75 Å². The summed E-state index contributed by atoms with van der Waals surface area (Å²) in [5.74, 6) is 0.232. The summed E-state index contributed by atoms with van der Waals surface area (Å²) < 4.78 is 15.8.